The molecule has 122 valence electrons. The highest BCUT2D eigenvalue weighted by molar-refractivity contribution is 6.39. The van der Waals surface area contributed by atoms with E-state index in [0.29, 0.717) is 5.69 Å². The fourth-order valence-corrected chi connectivity index (χ4v) is 1.88. The Morgan fingerprint density at radius 2 is 1.88 bits per heavy atom. The van der Waals surface area contributed by atoms with Crippen LogP contribution in [-0.4, -0.2) is 23.0 Å². The number of hydrogen-bond donors (Lipinski definition) is 2. The fraction of sp³-hybridized carbons (Fsp3) is 0.0625. The normalized spacial score (nSPS) is 10.4. The van der Waals surface area contributed by atoms with Crippen molar-refractivity contribution in [1.29, 1.82) is 0 Å². The van der Waals surface area contributed by atoms with Gasteiger partial charge in [-0.2, -0.15) is 5.10 Å². The van der Waals surface area contributed by atoms with E-state index in [1.165, 1.54) is 18.2 Å². The molecule has 0 spiro atoms. The van der Waals surface area contributed by atoms with Crippen LogP contribution in [0.4, 0.5) is 11.4 Å². The Hall–Kier alpha value is -3.55. The van der Waals surface area contributed by atoms with E-state index in [4.69, 9.17) is 0 Å². The highest BCUT2D eigenvalue weighted by Gasteiger charge is 2.14. The third kappa shape index (κ3) is 4.47. The monoisotopic (exact) mass is 326 g/mol. The predicted octanol–water partition coefficient (Wildman–Crippen LogP) is 1.99. The van der Waals surface area contributed by atoms with Gasteiger partial charge in [0, 0.05) is 11.8 Å². The van der Waals surface area contributed by atoms with Crippen molar-refractivity contribution in [3.8, 4) is 0 Å². The summed E-state index contributed by atoms with van der Waals surface area (Å²) in [4.78, 5) is 33.7. The summed E-state index contributed by atoms with van der Waals surface area (Å²) in [7, 11) is 0. The SMILES string of the molecule is Cc1cccc(NC(=O)C(=O)NN=Cc2ccccc2[N+](=O)[O-])c1. The molecule has 0 unspecified atom stereocenters. The van der Waals surface area contributed by atoms with E-state index in [2.05, 4.69) is 10.4 Å². The summed E-state index contributed by atoms with van der Waals surface area (Å²) in [5.41, 5.74) is 3.50. The van der Waals surface area contributed by atoms with Crippen LogP contribution in [-0.2, 0) is 9.59 Å². The average Bonchev–Trinajstić information content (AvgIpc) is 2.55. The molecular formula is C16H14N4O4. The molecule has 2 N–H and O–H groups in total. The highest BCUT2D eigenvalue weighted by atomic mass is 16.6. The van der Waals surface area contributed by atoms with Crippen molar-refractivity contribution in [2.45, 2.75) is 6.92 Å². The van der Waals surface area contributed by atoms with Crippen LogP contribution in [0.1, 0.15) is 11.1 Å². The van der Waals surface area contributed by atoms with Crippen LogP contribution in [0.3, 0.4) is 0 Å². The van der Waals surface area contributed by atoms with E-state index in [-0.39, 0.29) is 11.3 Å². The lowest BCUT2D eigenvalue weighted by atomic mass is 10.2. The Labute approximate surface area is 137 Å². The first-order chi connectivity index (χ1) is 11.5. The van der Waals surface area contributed by atoms with Crippen molar-refractivity contribution in [2.75, 3.05) is 5.32 Å². The third-order valence-corrected chi connectivity index (χ3v) is 2.99. The molecule has 2 aromatic rings. The zero-order valence-electron chi connectivity index (χ0n) is 12.7. The molecule has 8 heteroatoms. The molecule has 0 aliphatic heterocycles. The first-order valence-corrected chi connectivity index (χ1v) is 6.92. The number of benzene rings is 2. The lowest BCUT2D eigenvalue weighted by molar-refractivity contribution is -0.385. The zero-order chi connectivity index (χ0) is 17.5. The molecule has 2 amide bonds. The molecular weight excluding hydrogens is 312 g/mol. The van der Waals surface area contributed by atoms with Crippen LogP contribution in [0.5, 0.6) is 0 Å². The second kappa shape index (κ2) is 7.63. The number of nitrogens with zero attached hydrogens (tertiary/aromatic N) is 2. The van der Waals surface area contributed by atoms with Gasteiger partial charge in [0.25, 0.3) is 5.69 Å². The number of hydrazone groups is 1. The molecule has 0 saturated heterocycles. The zero-order valence-corrected chi connectivity index (χ0v) is 12.7. The Balaban J connectivity index is 1.98. The predicted molar refractivity (Wildman–Crippen MR) is 88.6 cm³/mol. The third-order valence-electron chi connectivity index (χ3n) is 2.99. The van der Waals surface area contributed by atoms with Gasteiger partial charge in [-0.1, -0.05) is 24.3 Å². The van der Waals surface area contributed by atoms with Crippen LogP contribution in [0.15, 0.2) is 53.6 Å². The molecule has 8 nitrogen and oxygen atoms in total. The number of para-hydroxylation sites is 1. The summed E-state index contributed by atoms with van der Waals surface area (Å²) in [5, 5.41) is 16.9. The maximum Gasteiger partial charge on any atom is 0.329 e. The van der Waals surface area contributed by atoms with Crippen molar-refractivity contribution >= 4 is 29.4 Å². The van der Waals surface area contributed by atoms with Crippen LogP contribution in [0.2, 0.25) is 0 Å². The topological polar surface area (TPSA) is 114 Å². The minimum atomic E-state index is -0.980. The summed E-state index contributed by atoms with van der Waals surface area (Å²) < 4.78 is 0. The number of aryl methyl sites for hydroxylation is 1. The van der Waals surface area contributed by atoms with Crippen molar-refractivity contribution in [3.05, 3.63) is 69.8 Å². The highest BCUT2D eigenvalue weighted by Crippen LogP contribution is 2.15. The maximum atomic E-state index is 11.7. The number of hydrogen-bond acceptors (Lipinski definition) is 5. The molecule has 0 radical (unpaired) electrons. The molecule has 2 rings (SSSR count). The molecule has 0 atom stereocenters. The minimum absolute atomic E-state index is 0.153. The van der Waals surface area contributed by atoms with Gasteiger partial charge in [-0.15, -0.1) is 0 Å². The van der Waals surface area contributed by atoms with E-state index >= 15 is 0 Å². The van der Waals surface area contributed by atoms with Gasteiger partial charge >= 0.3 is 11.8 Å². The lowest BCUT2D eigenvalue weighted by Gasteiger charge is -2.04. The molecule has 0 heterocycles. The minimum Gasteiger partial charge on any atom is -0.318 e. The molecule has 0 fully saturated rings. The van der Waals surface area contributed by atoms with E-state index in [1.807, 2.05) is 18.4 Å². The van der Waals surface area contributed by atoms with Crippen molar-refractivity contribution < 1.29 is 14.5 Å². The number of nitrogens with one attached hydrogen (secondary N) is 2. The van der Waals surface area contributed by atoms with Crippen molar-refractivity contribution in [2.24, 2.45) is 5.10 Å². The maximum absolute atomic E-state index is 11.7. The molecule has 24 heavy (non-hydrogen) atoms. The van der Waals surface area contributed by atoms with Crippen LogP contribution >= 0.6 is 0 Å². The summed E-state index contributed by atoms with van der Waals surface area (Å²) >= 11 is 0. The largest absolute Gasteiger partial charge is 0.329 e. The molecule has 0 bridgehead atoms. The van der Waals surface area contributed by atoms with Gasteiger partial charge < -0.3 is 5.32 Å². The van der Waals surface area contributed by atoms with E-state index in [1.54, 1.807) is 24.3 Å². The van der Waals surface area contributed by atoms with Gasteiger partial charge in [0.15, 0.2) is 0 Å². The molecule has 0 aliphatic carbocycles. The molecule has 0 aliphatic rings. The van der Waals surface area contributed by atoms with Gasteiger partial charge in [-0.3, -0.25) is 19.7 Å². The Kier molecular flexibility index (Phi) is 5.35. The van der Waals surface area contributed by atoms with E-state index in [0.717, 1.165) is 11.8 Å². The first-order valence-electron chi connectivity index (χ1n) is 6.92. The second-order valence-electron chi connectivity index (χ2n) is 4.84. The van der Waals surface area contributed by atoms with Gasteiger partial charge in [0.2, 0.25) is 0 Å². The number of rotatable bonds is 4. The number of amides is 2. The van der Waals surface area contributed by atoms with Crippen molar-refractivity contribution in [1.82, 2.24) is 5.43 Å². The molecule has 0 saturated carbocycles. The Morgan fingerprint density at radius 1 is 1.12 bits per heavy atom. The summed E-state index contributed by atoms with van der Waals surface area (Å²) in [6.45, 7) is 1.85. The van der Waals surface area contributed by atoms with Gasteiger partial charge in [-0.25, -0.2) is 5.43 Å². The van der Waals surface area contributed by atoms with Gasteiger partial charge in [-0.05, 0) is 30.7 Å². The van der Waals surface area contributed by atoms with E-state index < -0.39 is 16.7 Å². The smallest absolute Gasteiger partial charge is 0.318 e. The summed E-state index contributed by atoms with van der Waals surface area (Å²) in [5.74, 6) is -1.87. The van der Waals surface area contributed by atoms with Crippen LogP contribution in [0.25, 0.3) is 0 Å². The fourth-order valence-electron chi connectivity index (χ4n) is 1.88. The Morgan fingerprint density at radius 3 is 2.58 bits per heavy atom. The Bertz CT molecular complexity index is 817. The lowest BCUT2D eigenvalue weighted by Crippen LogP contribution is -2.32. The summed E-state index contributed by atoms with van der Waals surface area (Å²) in [6.07, 6.45) is 1.11. The number of anilines is 1. The number of carbonyl (C=O) groups is 2. The standard InChI is InChI=1S/C16H14N4O4/c1-11-5-4-7-13(9-11)18-15(21)16(22)19-17-10-12-6-2-3-8-14(12)20(23)24/h2-10H,1H3,(H,18,21)(H,19,22). The van der Waals surface area contributed by atoms with Crippen molar-refractivity contribution in [3.63, 3.8) is 0 Å². The number of carbonyl (C=O) groups excluding carboxylic acids is 2. The summed E-state index contributed by atoms with van der Waals surface area (Å²) in [6, 6.07) is 12.9. The first kappa shape index (κ1) is 16.8. The molecule has 2 aromatic carbocycles. The second-order valence-corrected chi connectivity index (χ2v) is 4.84. The molecule has 0 aromatic heterocycles. The van der Waals surface area contributed by atoms with Crippen LogP contribution < -0.4 is 10.7 Å². The van der Waals surface area contributed by atoms with Gasteiger partial charge in [0.1, 0.15) is 0 Å². The quantitative estimate of drug-likeness (QED) is 0.387. The number of nitro groups is 1. The van der Waals surface area contributed by atoms with Gasteiger partial charge in [0.05, 0.1) is 16.7 Å². The van der Waals surface area contributed by atoms with E-state index in [9.17, 15) is 19.7 Å². The van der Waals surface area contributed by atoms with Crippen LogP contribution in [0, 0.1) is 17.0 Å². The average molecular weight is 326 g/mol. The number of nitro benzene ring substituents is 1.